The van der Waals surface area contributed by atoms with Gasteiger partial charge in [0.05, 0.1) is 45.0 Å². The molecule has 14 heteroatoms. The van der Waals surface area contributed by atoms with Gasteiger partial charge in [-0.2, -0.15) is 0 Å². The highest BCUT2D eigenvalue weighted by molar-refractivity contribution is 5.87. The minimum Gasteiger partial charge on any atom is -0.488 e. The molecule has 1 N–H and O–H groups in total. The lowest BCUT2D eigenvalue weighted by atomic mass is 10.2. The molecule has 0 saturated heterocycles. The first-order valence-corrected chi connectivity index (χ1v) is 17.0. The highest BCUT2D eigenvalue weighted by atomic mass is 16.5. The third kappa shape index (κ3) is 11.9. The average Bonchev–Trinajstić information content (AvgIpc) is 3.80. The van der Waals surface area contributed by atoms with Crippen LogP contribution in [-0.4, -0.2) is 96.2 Å². The number of aryl methyl sites for hydroxylation is 3. The first-order chi connectivity index (χ1) is 24.7. The number of anilines is 2. The largest absolute Gasteiger partial charge is 0.488 e. The summed E-state index contributed by atoms with van der Waals surface area (Å²) in [6.45, 7) is 8.31. The van der Waals surface area contributed by atoms with Gasteiger partial charge in [0.2, 0.25) is 5.91 Å². The molecule has 5 rings (SSSR count). The van der Waals surface area contributed by atoms with Gasteiger partial charge in [-0.05, 0) is 43.2 Å². The van der Waals surface area contributed by atoms with Crippen molar-refractivity contribution < 1.29 is 46.9 Å². The molecule has 1 aliphatic heterocycles. The smallest absolute Gasteiger partial charge is 0.325 e. The summed E-state index contributed by atoms with van der Waals surface area (Å²) in [5.41, 5.74) is 3.21. The first-order valence-electron chi connectivity index (χ1n) is 17.0. The molecule has 0 fully saturated rings. The summed E-state index contributed by atoms with van der Waals surface area (Å²) in [5, 5.41) is 3.62. The molecule has 276 valence electrons. The Bertz CT molecular complexity index is 1700. The summed E-state index contributed by atoms with van der Waals surface area (Å²) >= 11 is 0. The van der Waals surface area contributed by atoms with Crippen LogP contribution in [0.25, 0.3) is 11.0 Å². The number of nitrogens with one attached hydrogen (secondary N) is 1. The van der Waals surface area contributed by atoms with Gasteiger partial charge >= 0.3 is 11.9 Å². The summed E-state index contributed by atoms with van der Waals surface area (Å²) in [6.07, 6.45) is 5.57. The molecule has 4 aromatic rings. The second-order valence-corrected chi connectivity index (χ2v) is 11.8. The molecule has 0 bridgehead atoms. The Morgan fingerprint density at radius 3 is 2.14 bits per heavy atom. The summed E-state index contributed by atoms with van der Waals surface area (Å²) < 4.78 is 39.2. The van der Waals surface area contributed by atoms with Crippen molar-refractivity contribution in [1.29, 1.82) is 0 Å². The Morgan fingerprint density at radius 2 is 1.53 bits per heavy atom. The molecule has 3 heterocycles. The van der Waals surface area contributed by atoms with Crippen molar-refractivity contribution in [1.82, 2.24) is 10.3 Å². The van der Waals surface area contributed by atoms with E-state index in [-0.39, 0.29) is 44.1 Å². The zero-order valence-corrected chi connectivity index (χ0v) is 30.0. The van der Waals surface area contributed by atoms with Crippen LogP contribution in [0.3, 0.4) is 0 Å². The molecule has 2 aromatic heterocycles. The van der Waals surface area contributed by atoms with Gasteiger partial charge in [-0.3, -0.25) is 14.4 Å². The van der Waals surface area contributed by atoms with Crippen molar-refractivity contribution in [3.63, 3.8) is 0 Å². The van der Waals surface area contributed by atoms with E-state index < -0.39 is 0 Å². The third-order valence-electron chi connectivity index (χ3n) is 7.96. The van der Waals surface area contributed by atoms with Crippen LogP contribution in [0.15, 0.2) is 57.8 Å². The van der Waals surface area contributed by atoms with E-state index in [0.717, 1.165) is 47.4 Å². The van der Waals surface area contributed by atoms with Gasteiger partial charge in [0, 0.05) is 50.9 Å². The number of carbonyl (C=O) groups excluding carboxylic acids is 3. The van der Waals surface area contributed by atoms with Gasteiger partial charge in [0.15, 0.2) is 6.39 Å². The van der Waals surface area contributed by atoms with Crippen molar-refractivity contribution in [3.05, 3.63) is 66.1 Å². The number of aromatic nitrogens is 1. The van der Waals surface area contributed by atoms with E-state index >= 15 is 0 Å². The highest BCUT2D eigenvalue weighted by Gasteiger charge is 2.21. The highest BCUT2D eigenvalue weighted by Crippen LogP contribution is 2.36. The lowest BCUT2D eigenvalue weighted by Gasteiger charge is -2.26. The van der Waals surface area contributed by atoms with E-state index in [9.17, 15) is 14.4 Å². The number of rotatable bonds is 9. The molecular weight excluding hydrogens is 660 g/mol. The predicted molar refractivity (Wildman–Crippen MR) is 191 cm³/mol. The molecule has 0 unspecified atom stereocenters. The number of ether oxygens (including phenoxy) is 5. The molecule has 0 saturated carbocycles. The SMILES string of the molecule is CC(=O)NCCCc1cnco1.CCc1cc2cc3c(cc2o1)N(CC(=O)OC)CCOCCN(CC(=O)OC)c1ccc(C)cc1OCCO3. The molecule has 1 aliphatic rings. The van der Waals surface area contributed by atoms with Gasteiger partial charge in [0.25, 0.3) is 0 Å². The van der Waals surface area contributed by atoms with Crippen LogP contribution in [0.4, 0.5) is 11.4 Å². The van der Waals surface area contributed by atoms with Gasteiger partial charge in [0.1, 0.15) is 54.9 Å². The Morgan fingerprint density at radius 1 is 0.863 bits per heavy atom. The van der Waals surface area contributed by atoms with Crippen molar-refractivity contribution in [2.45, 2.75) is 40.0 Å². The molecule has 0 aliphatic carbocycles. The minimum absolute atomic E-state index is 0.00701. The molecule has 0 spiro atoms. The molecule has 2 aromatic carbocycles. The topological polar surface area (TPSA) is 155 Å². The Labute approximate surface area is 297 Å². The predicted octanol–water partition coefficient (Wildman–Crippen LogP) is 4.49. The zero-order chi connectivity index (χ0) is 36.6. The van der Waals surface area contributed by atoms with E-state index in [1.54, 1.807) is 6.20 Å². The van der Waals surface area contributed by atoms with Crippen molar-refractivity contribution in [2.24, 2.45) is 0 Å². The van der Waals surface area contributed by atoms with Crippen LogP contribution >= 0.6 is 0 Å². The second-order valence-electron chi connectivity index (χ2n) is 11.8. The van der Waals surface area contributed by atoms with Gasteiger partial charge in [-0.25, -0.2) is 4.98 Å². The number of furan rings is 1. The number of nitrogens with zero attached hydrogens (tertiary/aromatic N) is 3. The van der Waals surface area contributed by atoms with Crippen molar-refractivity contribution in [3.8, 4) is 11.5 Å². The maximum Gasteiger partial charge on any atom is 0.325 e. The third-order valence-corrected chi connectivity index (χ3v) is 7.96. The van der Waals surface area contributed by atoms with E-state index in [1.165, 1.54) is 27.5 Å². The number of amides is 1. The summed E-state index contributed by atoms with van der Waals surface area (Å²) in [5.74, 6) is 2.23. The number of oxazole rings is 1. The second kappa shape index (κ2) is 19.8. The average molecular weight is 709 g/mol. The number of carbonyl (C=O) groups is 3. The molecule has 14 nitrogen and oxygen atoms in total. The fourth-order valence-electron chi connectivity index (χ4n) is 5.30. The molecule has 1 amide bonds. The molecule has 0 atom stereocenters. The van der Waals surface area contributed by atoms with Crippen LogP contribution < -0.4 is 24.6 Å². The van der Waals surface area contributed by atoms with Crippen LogP contribution in [0, 0.1) is 6.92 Å². The number of fused-ring (bicyclic) bond motifs is 3. The lowest BCUT2D eigenvalue weighted by Crippen LogP contribution is -2.36. The number of benzene rings is 2. The number of esters is 2. The van der Waals surface area contributed by atoms with E-state index in [0.29, 0.717) is 55.6 Å². The van der Waals surface area contributed by atoms with Crippen molar-refractivity contribution >= 4 is 40.2 Å². The lowest BCUT2D eigenvalue weighted by molar-refractivity contribution is -0.139. The number of hydrogen-bond acceptors (Lipinski definition) is 13. The van der Waals surface area contributed by atoms with Crippen LogP contribution in [-0.2, 0) is 41.4 Å². The quantitative estimate of drug-likeness (QED) is 0.192. The fourth-order valence-corrected chi connectivity index (χ4v) is 5.30. The number of hydrogen-bond donors (Lipinski definition) is 1. The first kappa shape index (κ1) is 38.6. The Balaban J connectivity index is 0.000000411. The van der Waals surface area contributed by atoms with E-state index in [4.69, 9.17) is 32.5 Å². The van der Waals surface area contributed by atoms with Gasteiger partial charge in [-0.15, -0.1) is 0 Å². The van der Waals surface area contributed by atoms with Crippen LogP contribution in [0.5, 0.6) is 11.5 Å². The van der Waals surface area contributed by atoms with Gasteiger partial charge < -0.3 is 47.6 Å². The maximum atomic E-state index is 12.3. The van der Waals surface area contributed by atoms with Gasteiger partial charge in [-0.1, -0.05) is 13.0 Å². The maximum absolute atomic E-state index is 12.3. The van der Waals surface area contributed by atoms with E-state index in [1.807, 2.05) is 60.0 Å². The molecule has 51 heavy (non-hydrogen) atoms. The summed E-state index contributed by atoms with van der Waals surface area (Å²) in [7, 11) is 2.73. The fraction of sp³-hybridized carbons (Fsp3) is 0.459. The standard InChI is InChI=1S/C29H36N2O8.C8H12N2O2/c1-5-22-15-21-16-27-24(17-25(21)39-22)31(19-29(33)35-4)9-11-36-10-8-30(18-28(32)34-3)23-7-6-20(2)14-26(23)37-12-13-38-27;1-7(11)10-4-2-3-8-5-9-6-12-8/h6-7,14-17H,5,8-13,18-19H2,1-4H3;5-6H,2-4H2,1H3,(H,10,11). The Kier molecular flexibility index (Phi) is 15.0. The number of methoxy groups -OCH3 is 2. The zero-order valence-electron chi connectivity index (χ0n) is 30.0. The Hall–Kier alpha value is -5.24. The summed E-state index contributed by atoms with van der Waals surface area (Å²) in [4.78, 5) is 42.5. The normalized spacial score (nSPS) is 13.6. The molecular formula is C37H48N4O10. The monoisotopic (exact) mass is 708 g/mol. The van der Waals surface area contributed by atoms with Crippen molar-refractivity contribution in [2.75, 3.05) is 83.2 Å². The molecule has 0 radical (unpaired) electrons. The summed E-state index contributed by atoms with van der Waals surface area (Å²) in [6, 6.07) is 11.6. The van der Waals surface area contributed by atoms with E-state index in [2.05, 4.69) is 10.3 Å². The van der Waals surface area contributed by atoms with Crippen LogP contribution in [0.1, 0.15) is 37.4 Å². The van der Waals surface area contributed by atoms with Crippen LogP contribution in [0.2, 0.25) is 0 Å². The minimum atomic E-state index is -0.383.